The highest BCUT2D eigenvalue weighted by molar-refractivity contribution is 5.85. The van der Waals surface area contributed by atoms with Crippen molar-refractivity contribution in [1.82, 2.24) is 4.90 Å². The Morgan fingerprint density at radius 1 is 1.60 bits per heavy atom. The lowest BCUT2D eigenvalue weighted by atomic mass is 10.0. The highest BCUT2D eigenvalue weighted by Gasteiger charge is 2.15. The zero-order chi connectivity index (χ0) is 6.85. The summed E-state index contributed by atoms with van der Waals surface area (Å²) in [7, 11) is 2.16. The fraction of sp³-hybridized carbons (Fsp3) is 0.750. The average molecular weight is 162 g/mol. The summed E-state index contributed by atoms with van der Waals surface area (Å²) in [5, 5.41) is 0. The molecule has 0 amide bonds. The summed E-state index contributed by atoms with van der Waals surface area (Å²) in [5.74, 6) is 0. The third-order valence-electron chi connectivity index (χ3n) is 2.14. The largest absolute Gasteiger partial charge is 0.300 e. The summed E-state index contributed by atoms with van der Waals surface area (Å²) in [5.41, 5.74) is 1.38. The van der Waals surface area contributed by atoms with Gasteiger partial charge in [-0.25, -0.2) is 0 Å². The number of piperidine rings is 1. The zero-order valence-electron chi connectivity index (χ0n) is 6.76. The van der Waals surface area contributed by atoms with Gasteiger partial charge in [0.25, 0.3) is 0 Å². The van der Waals surface area contributed by atoms with E-state index in [0.717, 1.165) is 12.6 Å². The van der Waals surface area contributed by atoms with Crippen LogP contribution in [0.2, 0.25) is 0 Å². The molecule has 10 heavy (non-hydrogen) atoms. The maximum atomic E-state index is 3.96. The predicted molar refractivity (Wildman–Crippen MR) is 47.7 cm³/mol. The molecule has 1 heterocycles. The second kappa shape index (κ2) is 3.99. The summed E-state index contributed by atoms with van der Waals surface area (Å²) < 4.78 is 0. The van der Waals surface area contributed by atoms with Crippen LogP contribution >= 0.6 is 12.4 Å². The first-order valence-corrected chi connectivity index (χ1v) is 3.57. The van der Waals surface area contributed by atoms with E-state index in [0.29, 0.717) is 0 Å². The van der Waals surface area contributed by atoms with Crippen LogP contribution in [-0.2, 0) is 0 Å². The van der Waals surface area contributed by atoms with Gasteiger partial charge < -0.3 is 0 Å². The van der Waals surface area contributed by atoms with E-state index in [-0.39, 0.29) is 12.4 Å². The van der Waals surface area contributed by atoms with Crippen molar-refractivity contribution in [3.05, 3.63) is 12.2 Å². The van der Waals surface area contributed by atoms with Crippen LogP contribution in [0.25, 0.3) is 0 Å². The van der Waals surface area contributed by atoms with Crippen LogP contribution in [0.5, 0.6) is 0 Å². The summed E-state index contributed by atoms with van der Waals surface area (Å²) in [6, 6.07) is 0.760. The Morgan fingerprint density at radius 2 is 2.20 bits per heavy atom. The molecule has 0 aromatic heterocycles. The molecule has 1 rings (SSSR count). The van der Waals surface area contributed by atoms with Crippen molar-refractivity contribution in [3.8, 4) is 0 Å². The van der Waals surface area contributed by atoms with Gasteiger partial charge in [-0.1, -0.05) is 12.2 Å². The Morgan fingerprint density at radius 3 is 2.60 bits per heavy atom. The SMILES string of the molecule is C=C1CCC(C)N(C)C1.Cl. The van der Waals surface area contributed by atoms with E-state index >= 15 is 0 Å². The third kappa shape index (κ3) is 2.31. The highest BCUT2D eigenvalue weighted by Crippen LogP contribution is 2.17. The van der Waals surface area contributed by atoms with E-state index in [4.69, 9.17) is 0 Å². The van der Waals surface area contributed by atoms with Crippen molar-refractivity contribution in [2.45, 2.75) is 25.8 Å². The van der Waals surface area contributed by atoms with Gasteiger partial charge in [-0.2, -0.15) is 0 Å². The van der Waals surface area contributed by atoms with Gasteiger partial charge in [-0.05, 0) is 26.8 Å². The molecule has 2 heteroatoms. The molecule has 0 aliphatic carbocycles. The topological polar surface area (TPSA) is 3.24 Å². The Hall–Kier alpha value is -0.0100. The Kier molecular flexibility index (Phi) is 3.99. The summed E-state index contributed by atoms with van der Waals surface area (Å²) in [6.07, 6.45) is 2.51. The van der Waals surface area contributed by atoms with E-state index in [1.807, 2.05) is 0 Å². The quantitative estimate of drug-likeness (QED) is 0.492. The normalized spacial score (nSPS) is 27.8. The molecule has 0 N–H and O–H groups in total. The molecule has 60 valence electrons. The second-order valence-corrected chi connectivity index (χ2v) is 3.05. The maximum absolute atomic E-state index is 3.96. The first-order chi connectivity index (χ1) is 4.20. The summed E-state index contributed by atoms with van der Waals surface area (Å²) >= 11 is 0. The molecule has 0 saturated carbocycles. The number of nitrogens with zero attached hydrogens (tertiary/aromatic N) is 1. The van der Waals surface area contributed by atoms with Crippen molar-refractivity contribution in [3.63, 3.8) is 0 Å². The monoisotopic (exact) mass is 161 g/mol. The molecule has 1 saturated heterocycles. The number of likely N-dealkylation sites (N-methyl/N-ethyl adjacent to an activating group) is 1. The van der Waals surface area contributed by atoms with Crippen LogP contribution in [0.1, 0.15) is 19.8 Å². The lowest BCUT2D eigenvalue weighted by Crippen LogP contribution is -2.34. The number of likely N-dealkylation sites (tertiary alicyclic amines) is 1. The van der Waals surface area contributed by atoms with E-state index in [1.54, 1.807) is 0 Å². The van der Waals surface area contributed by atoms with Gasteiger partial charge in [0.15, 0.2) is 0 Å². The molecule has 0 radical (unpaired) electrons. The number of halogens is 1. The standard InChI is InChI=1S/C8H15N.ClH/c1-7-4-5-8(2)9(3)6-7;/h8H,1,4-6H2,2-3H3;1H. The minimum atomic E-state index is 0. The van der Waals surface area contributed by atoms with Crippen LogP contribution < -0.4 is 0 Å². The van der Waals surface area contributed by atoms with Crippen molar-refractivity contribution < 1.29 is 0 Å². The average Bonchev–Trinajstić information content (AvgIpc) is 1.80. The third-order valence-corrected chi connectivity index (χ3v) is 2.14. The van der Waals surface area contributed by atoms with Crippen LogP contribution in [0.3, 0.4) is 0 Å². The Labute approximate surface area is 69.5 Å². The highest BCUT2D eigenvalue weighted by atomic mass is 35.5. The molecule has 0 bridgehead atoms. The van der Waals surface area contributed by atoms with E-state index in [1.165, 1.54) is 18.4 Å². The lowest BCUT2D eigenvalue weighted by molar-refractivity contribution is 0.237. The molecule has 0 aromatic rings. The predicted octanol–water partition coefficient (Wildman–Crippen LogP) is 2.08. The number of rotatable bonds is 0. The van der Waals surface area contributed by atoms with Crippen LogP contribution in [0.4, 0.5) is 0 Å². The Bertz CT molecular complexity index is 122. The van der Waals surface area contributed by atoms with E-state index in [9.17, 15) is 0 Å². The van der Waals surface area contributed by atoms with Gasteiger partial charge in [0.2, 0.25) is 0 Å². The minimum Gasteiger partial charge on any atom is -0.300 e. The molecule has 1 atom stereocenters. The first kappa shape index (κ1) is 9.99. The van der Waals surface area contributed by atoms with Crippen LogP contribution in [-0.4, -0.2) is 24.5 Å². The second-order valence-electron chi connectivity index (χ2n) is 3.05. The van der Waals surface area contributed by atoms with Gasteiger partial charge >= 0.3 is 0 Å². The zero-order valence-corrected chi connectivity index (χ0v) is 7.58. The van der Waals surface area contributed by atoms with Crippen molar-refractivity contribution in [2.75, 3.05) is 13.6 Å². The molecule has 1 fully saturated rings. The fourth-order valence-electron chi connectivity index (χ4n) is 1.22. The van der Waals surface area contributed by atoms with Crippen molar-refractivity contribution in [1.29, 1.82) is 0 Å². The van der Waals surface area contributed by atoms with E-state index < -0.39 is 0 Å². The van der Waals surface area contributed by atoms with Crippen molar-refractivity contribution in [2.24, 2.45) is 0 Å². The molecule has 1 unspecified atom stereocenters. The van der Waals surface area contributed by atoms with Gasteiger partial charge in [-0.15, -0.1) is 12.4 Å². The van der Waals surface area contributed by atoms with Gasteiger partial charge in [0.1, 0.15) is 0 Å². The van der Waals surface area contributed by atoms with Gasteiger partial charge in [-0.3, -0.25) is 4.90 Å². The molecule has 1 aliphatic heterocycles. The number of hydrogen-bond donors (Lipinski definition) is 0. The van der Waals surface area contributed by atoms with Gasteiger partial charge in [0.05, 0.1) is 0 Å². The number of hydrogen-bond acceptors (Lipinski definition) is 1. The van der Waals surface area contributed by atoms with Crippen LogP contribution in [0, 0.1) is 0 Å². The molecular formula is C8H16ClN. The Balaban J connectivity index is 0.000000810. The molecule has 0 aromatic carbocycles. The minimum absolute atomic E-state index is 0. The van der Waals surface area contributed by atoms with Gasteiger partial charge in [0, 0.05) is 12.6 Å². The lowest BCUT2D eigenvalue weighted by Gasteiger charge is -2.30. The fourth-order valence-corrected chi connectivity index (χ4v) is 1.22. The molecule has 1 nitrogen and oxygen atoms in total. The molecular weight excluding hydrogens is 146 g/mol. The maximum Gasteiger partial charge on any atom is 0.0189 e. The smallest absolute Gasteiger partial charge is 0.0189 e. The first-order valence-electron chi connectivity index (χ1n) is 3.57. The van der Waals surface area contributed by atoms with E-state index in [2.05, 4.69) is 25.5 Å². The van der Waals surface area contributed by atoms with Crippen LogP contribution in [0.15, 0.2) is 12.2 Å². The summed E-state index contributed by atoms with van der Waals surface area (Å²) in [4.78, 5) is 2.35. The summed E-state index contributed by atoms with van der Waals surface area (Å²) in [6.45, 7) is 7.33. The molecule has 1 aliphatic rings. The molecule has 0 spiro atoms. The van der Waals surface area contributed by atoms with Crippen molar-refractivity contribution >= 4 is 12.4 Å².